The van der Waals surface area contributed by atoms with Gasteiger partial charge in [-0.3, -0.25) is 9.59 Å². The molecule has 2 aromatic rings. The number of aromatic amines is 1. The fourth-order valence-electron chi connectivity index (χ4n) is 5.25. The van der Waals surface area contributed by atoms with Gasteiger partial charge in [-0.15, -0.1) is 0 Å². The van der Waals surface area contributed by atoms with Crippen LogP contribution in [0.15, 0.2) is 24.3 Å². The lowest BCUT2D eigenvalue weighted by molar-refractivity contribution is -0.145. The summed E-state index contributed by atoms with van der Waals surface area (Å²) in [4.78, 5) is 33.2. The van der Waals surface area contributed by atoms with Gasteiger partial charge in [0, 0.05) is 60.7 Å². The molecule has 1 aromatic carbocycles. The number of nitrogens with one attached hydrogen (secondary N) is 1. The van der Waals surface area contributed by atoms with Gasteiger partial charge < -0.3 is 14.8 Å². The molecule has 142 valence electrons. The van der Waals surface area contributed by atoms with Crippen LogP contribution in [0.4, 0.5) is 0 Å². The van der Waals surface area contributed by atoms with E-state index >= 15 is 0 Å². The molecule has 1 saturated carbocycles. The molecule has 0 spiro atoms. The molecular weight excluding hydrogens is 338 g/mol. The summed E-state index contributed by atoms with van der Waals surface area (Å²) in [6, 6.07) is 8.72. The third kappa shape index (κ3) is 2.93. The Kier molecular flexibility index (Phi) is 4.18. The predicted molar refractivity (Wildman–Crippen MR) is 104 cm³/mol. The summed E-state index contributed by atoms with van der Waals surface area (Å²) in [5.41, 5.74) is 3.70. The zero-order valence-electron chi connectivity index (χ0n) is 15.7. The van der Waals surface area contributed by atoms with Gasteiger partial charge in [-0.05, 0) is 25.3 Å². The van der Waals surface area contributed by atoms with Crippen molar-refractivity contribution in [3.8, 4) is 0 Å². The molecule has 2 amide bonds. The first-order chi connectivity index (χ1) is 13.2. The molecule has 0 bridgehead atoms. The van der Waals surface area contributed by atoms with E-state index in [-0.39, 0.29) is 17.7 Å². The van der Waals surface area contributed by atoms with E-state index in [1.54, 1.807) is 0 Å². The molecule has 2 aliphatic heterocycles. The average Bonchev–Trinajstić information content (AvgIpc) is 3.35. The van der Waals surface area contributed by atoms with E-state index in [0.717, 1.165) is 31.3 Å². The van der Waals surface area contributed by atoms with Gasteiger partial charge in [0.15, 0.2) is 0 Å². The Morgan fingerprint density at radius 2 is 1.89 bits per heavy atom. The molecular formula is C22H27N3O2. The van der Waals surface area contributed by atoms with E-state index in [0.29, 0.717) is 32.0 Å². The van der Waals surface area contributed by atoms with Gasteiger partial charge in [0.05, 0.1) is 5.92 Å². The summed E-state index contributed by atoms with van der Waals surface area (Å²) >= 11 is 0. The molecule has 1 N–H and O–H groups in total. The van der Waals surface area contributed by atoms with E-state index < -0.39 is 0 Å². The number of aromatic nitrogens is 1. The maximum Gasteiger partial charge on any atom is 0.227 e. The van der Waals surface area contributed by atoms with Crippen molar-refractivity contribution in [2.45, 2.75) is 57.5 Å². The smallest absolute Gasteiger partial charge is 0.227 e. The van der Waals surface area contributed by atoms with Crippen LogP contribution in [0.25, 0.3) is 10.9 Å². The van der Waals surface area contributed by atoms with Crippen LogP contribution >= 0.6 is 0 Å². The van der Waals surface area contributed by atoms with E-state index in [9.17, 15) is 9.59 Å². The molecule has 5 nitrogen and oxygen atoms in total. The lowest BCUT2D eigenvalue weighted by Gasteiger charge is -2.38. The summed E-state index contributed by atoms with van der Waals surface area (Å²) in [7, 11) is 0. The van der Waals surface area contributed by atoms with Gasteiger partial charge >= 0.3 is 0 Å². The minimum Gasteiger partial charge on any atom is -0.358 e. The Balaban J connectivity index is 1.33. The third-order valence-electron chi connectivity index (χ3n) is 6.75. The van der Waals surface area contributed by atoms with Gasteiger partial charge in [-0.25, -0.2) is 0 Å². The van der Waals surface area contributed by atoms with E-state index in [1.165, 1.54) is 29.5 Å². The van der Waals surface area contributed by atoms with E-state index in [4.69, 9.17) is 0 Å². The van der Waals surface area contributed by atoms with Crippen molar-refractivity contribution in [1.29, 1.82) is 0 Å². The minimum atomic E-state index is -0.0324. The molecule has 1 aliphatic carbocycles. The Hall–Kier alpha value is -2.30. The molecule has 2 fully saturated rings. The Bertz CT molecular complexity index is 881. The molecule has 5 rings (SSSR count). The molecule has 3 aliphatic rings. The van der Waals surface area contributed by atoms with Crippen molar-refractivity contribution in [2.24, 2.45) is 5.92 Å². The number of nitrogens with zero attached hydrogens (tertiary/aromatic N) is 2. The average molecular weight is 365 g/mol. The van der Waals surface area contributed by atoms with Crippen LogP contribution in [0.2, 0.25) is 0 Å². The second kappa shape index (κ2) is 6.70. The van der Waals surface area contributed by atoms with Crippen molar-refractivity contribution < 1.29 is 9.59 Å². The molecule has 1 saturated heterocycles. The predicted octanol–water partition coefficient (Wildman–Crippen LogP) is 3.23. The zero-order chi connectivity index (χ0) is 18.4. The van der Waals surface area contributed by atoms with Crippen molar-refractivity contribution >= 4 is 22.7 Å². The number of para-hydroxylation sites is 1. The van der Waals surface area contributed by atoms with E-state index in [2.05, 4.69) is 23.2 Å². The molecule has 5 heteroatoms. The van der Waals surface area contributed by atoms with Crippen LogP contribution in [0.1, 0.15) is 49.8 Å². The fourth-order valence-corrected chi connectivity index (χ4v) is 5.25. The molecule has 1 atom stereocenters. The number of hydrogen-bond acceptors (Lipinski definition) is 2. The van der Waals surface area contributed by atoms with Crippen molar-refractivity contribution in [3.63, 3.8) is 0 Å². The lowest BCUT2D eigenvalue weighted by Crippen LogP contribution is -2.50. The molecule has 0 unspecified atom stereocenters. The van der Waals surface area contributed by atoms with Crippen LogP contribution in [-0.4, -0.2) is 45.7 Å². The normalized spacial score (nSPS) is 23.9. The largest absolute Gasteiger partial charge is 0.358 e. The van der Waals surface area contributed by atoms with Crippen molar-refractivity contribution in [1.82, 2.24) is 14.8 Å². The first-order valence-electron chi connectivity index (χ1n) is 10.4. The highest BCUT2D eigenvalue weighted by atomic mass is 16.2. The van der Waals surface area contributed by atoms with Crippen LogP contribution < -0.4 is 0 Å². The van der Waals surface area contributed by atoms with Gasteiger partial charge in [-0.1, -0.05) is 31.0 Å². The maximum absolute atomic E-state index is 13.3. The molecule has 1 aromatic heterocycles. The number of hydrogen-bond donors (Lipinski definition) is 1. The highest BCUT2D eigenvalue weighted by molar-refractivity contribution is 5.87. The highest BCUT2D eigenvalue weighted by Crippen LogP contribution is 2.32. The second-order valence-electron chi connectivity index (χ2n) is 8.36. The third-order valence-corrected chi connectivity index (χ3v) is 6.75. The number of H-pyrrole nitrogens is 1. The number of benzene rings is 1. The zero-order valence-corrected chi connectivity index (χ0v) is 15.7. The first-order valence-corrected chi connectivity index (χ1v) is 10.4. The number of carbonyl (C=O) groups excluding carboxylic acids is 2. The SMILES string of the molecule is O=C([C@@H]1CCC(=O)N(C2CCCC2)C1)N1CCc2[nH]c3ccccc3c2C1. The number of fused-ring (bicyclic) bond motifs is 3. The van der Waals surface area contributed by atoms with Gasteiger partial charge in [0.25, 0.3) is 0 Å². The quantitative estimate of drug-likeness (QED) is 0.888. The highest BCUT2D eigenvalue weighted by Gasteiger charge is 2.37. The number of likely N-dealkylation sites (tertiary alicyclic amines) is 1. The van der Waals surface area contributed by atoms with Gasteiger partial charge in [0.2, 0.25) is 11.8 Å². The minimum absolute atomic E-state index is 0.0324. The fraction of sp³-hybridized carbons (Fsp3) is 0.545. The Morgan fingerprint density at radius 3 is 2.74 bits per heavy atom. The molecule has 3 heterocycles. The number of carbonyl (C=O) groups is 2. The number of amides is 2. The van der Waals surface area contributed by atoms with Crippen LogP contribution in [0.3, 0.4) is 0 Å². The van der Waals surface area contributed by atoms with Gasteiger partial charge in [0.1, 0.15) is 0 Å². The summed E-state index contributed by atoms with van der Waals surface area (Å²) in [6.45, 7) is 2.08. The standard InChI is InChI=1S/C22H27N3O2/c26-21-10-9-15(13-25(21)16-5-1-2-6-16)22(27)24-12-11-20-18(14-24)17-7-3-4-8-19(17)23-20/h3-4,7-8,15-16,23H,1-2,5-6,9-14H2/t15-/m1/s1. The Labute approximate surface area is 159 Å². The number of rotatable bonds is 2. The topological polar surface area (TPSA) is 56.4 Å². The summed E-state index contributed by atoms with van der Waals surface area (Å²) in [6.07, 6.45) is 6.75. The van der Waals surface area contributed by atoms with E-state index in [1.807, 2.05) is 15.9 Å². The number of piperidine rings is 1. The van der Waals surface area contributed by atoms with Crippen molar-refractivity contribution in [2.75, 3.05) is 13.1 Å². The van der Waals surface area contributed by atoms with Crippen LogP contribution in [-0.2, 0) is 22.6 Å². The van der Waals surface area contributed by atoms with Gasteiger partial charge in [-0.2, -0.15) is 0 Å². The van der Waals surface area contributed by atoms with Crippen LogP contribution in [0, 0.1) is 5.92 Å². The summed E-state index contributed by atoms with van der Waals surface area (Å²) in [5.74, 6) is 0.458. The van der Waals surface area contributed by atoms with Crippen molar-refractivity contribution in [3.05, 3.63) is 35.5 Å². The maximum atomic E-state index is 13.3. The summed E-state index contributed by atoms with van der Waals surface area (Å²) < 4.78 is 0. The molecule has 27 heavy (non-hydrogen) atoms. The lowest BCUT2D eigenvalue weighted by atomic mass is 9.93. The van der Waals surface area contributed by atoms with Crippen LogP contribution in [0.5, 0.6) is 0 Å². The molecule has 0 radical (unpaired) electrons. The first kappa shape index (κ1) is 16.8. The second-order valence-corrected chi connectivity index (χ2v) is 8.36. The summed E-state index contributed by atoms with van der Waals surface area (Å²) in [5, 5.41) is 1.23. The monoisotopic (exact) mass is 365 g/mol. The Morgan fingerprint density at radius 1 is 1.07 bits per heavy atom.